The lowest BCUT2D eigenvalue weighted by Crippen LogP contribution is -2.14. The number of hydrogen-bond donors (Lipinski definition) is 2. The zero-order valence-electron chi connectivity index (χ0n) is 12.5. The molecule has 8 heteroatoms. The second kappa shape index (κ2) is 6.66. The summed E-state index contributed by atoms with van der Waals surface area (Å²) < 4.78 is 45.3. The van der Waals surface area contributed by atoms with Crippen LogP contribution in [-0.2, 0) is 14.8 Å². The Hall–Kier alpha value is -2.61. The maximum absolute atomic E-state index is 13.2. The highest BCUT2D eigenvalue weighted by molar-refractivity contribution is 7.92. The van der Waals surface area contributed by atoms with Gasteiger partial charge in [-0.05, 0) is 36.4 Å². The summed E-state index contributed by atoms with van der Waals surface area (Å²) in [6.45, 7) is 1.33. The summed E-state index contributed by atoms with van der Waals surface area (Å²) >= 11 is 0. The van der Waals surface area contributed by atoms with Crippen LogP contribution in [0.4, 0.5) is 15.8 Å². The molecule has 1 amide bonds. The molecule has 0 radical (unpaired) electrons. The van der Waals surface area contributed by atoms with Crippen molar-refractivity contribution in [1.29, 1.82) is 0 Å². The topological polar surface area (TPSA) is 84.5 Å². The van der Waals surface area contributed by atoms with E-state index in [0.717, 1.165) is 12.1 Å². The molecule has 0 saturated heterocycles. The van der Waals surface area contributed by atoms with Crippen LogP contribution in [0.5, 0.6) is 5.75 Å². The largest absolute Gasteiger partial charge is 0.495 e. The van der Waals surface area contributed by atoms with E-state index in [-0.39, 0.29) is 22.2 Å². The number of carbonyl (C=O) groups is 1. The second-order valence-corrected chi connectivity index (χ2v) is 6.34. The lowest BCUT2D eigenvalue weighted by atomic mass is 10.2. The van der Waals surface area contributed by atoms with Gasteiger partial charge in [0.05, 0.1) is 17.7 Å². The van der Waals surface area contributed by atoms with Gasteiger partial charge in [0.15, 0.2) is 0 Å². The molecule has 0 bridgehead atoms. The summed E-state index contributed by atoms with van der Waals surface area (Å²) in [4.78, 5) is 10.9. The Labute approximate surface area is 133 Å². The molecule has 2 N–H and O–H groups in total. The van der Waals surface area contributed by atoms with Gasteiger partial charge in [0.2, 0.25) is 5.91 Å². The molecule has 0 aliphatic heterocycles. The second-order valence-electron chi connectivity index (χ2n) is 4.66. The van der Waals surface area contributed by atoms with Crippen LogP contribution >= 0.6 is 0 Å². The molecular weight excluding hydrogens is 323 g/mol. The van der Waals surface area contributed by atoms with Crippen molar-refractivity contribution < 1.29 is 22.3 Å². The number of halogens is 1. The average Bonchev–Trinajstić information content (AvgIpc) is 2.46. The van der Waals surface area contributed by atoms with Crippen LogP contribution < -0.4 is 14.8 Å². The highest BCUT2D eigenvalue weighted by Gasteiger charge is 2.17. The van der Waals surface area contributed by atoms with E-state index in [0.29, 0.717) is 5.69 Å². The van der Waals surface area contributed by atoms with Crippen molar-refractivity contribution in [2.45, 2.75) is 11.8 Å². The number of nitrogens with one attached hydrogen (secondary N) is 2. The van der Waals surface area contributed by atoms with Crippen LogP contribution in [0, 0.1) is 5.82 Å². The van der Waals surface area contributed by atoms with Gasteiger partial charge in [-0.15, -0.1) is 0 Å². The van der Waals surface area contributed by atoms with Crippen molar-refractivity contribution in [2.24, 2.45) is 0 Å². The van der Waals surface area contributed by atoms with E-state index < -0.39 is 15.8 Å². The number of rotatable bonds is 5. The molecule has 0 aliphatic carbocycles. The molecule has 122 valence electrons. The lowest BCUT2D eigenvalue weighted by molar-refractivity contribution is -0.114. The predicted octanol–water partition coefficient (Wildman–Crippen LogP) is 2.59. The van der Waals surface area contributed by atoms with Gasteiger partial charge < -0.3 is 10.1 Å². The molecular formula is C15H15FN2O4S. The van der Waals surface area contributed by atoms with Gasteiger partial charge in [-0.3, -0.25) is 9.52 Å². The molecule has 2 rings (SSSR count). The maximum Gasteiger partial charge on any atom is 0.262 e. The fourth-order valence-electron chi connectivity index (χ4n) is 1.91. The first-order valence-electron chi connectivity index (χ1n) is 6.56. The van der Waals surface area contributed by atoms with Gasteiger partial charge in [-0.2, -0.15) is 0 Å². The average molecular weight is 338 g/mol. The SMILES string of the molecule is COc1ccc(NC(C)=O)cc1NS(=O)(=O)c1cccc(F)c1. The van der Waals surface area contributed by atoms with Crippen LogP contribution in [0.3, 0.4) is 0 Å². The van der Waals surface area contributed by atoms with Gasteiger partial charge in [0, 0.05) is 12.6 Å². The minimum atomic E-state index is -4.00. The van der Waals surface area contributed by atoms with Gasteiger partial charge in [0.1, 0.15) is 11.6 Å². The third-order valence-electron chi connectivity index (χ3n) is 2.87. The smallest absolute Gasteiger partial charge is 0.262 e. The van der Waals surface area contributed by atoms with Crippen LogP contribution in [-0.4, -0.2) is 21.4 Å². The number of sulfonamides is 1. The molecule has 0 fully saturated rings. The van der Waals surface area contributed by atoms with Crippen molar-refractivity contribution in [3.05, 3.63) is 48.3 Å². The Morgan fingerprint density at radius 2 is 1.91 bits per heavy atom. The summed E-state index contributed by atoms with van der Waals surface area (Å²) in [6, 6.07) is 9.12. The molecule has 0 aromatic heterocycles. The van der Waals surface area contributed by atoms with Crippen LogP contribution in [0.1, 0.15) is 6.92 Å². The maximum atomic E-state index is 13.2. The quantitative estimate of drug-likeness (QED) is 0.877. The highest BCUT2D eigenvalue weighted by atomic mass is 32.2. The lowest BCUT2D eigenvalue weighted by Gasteiger charge is -2.13. The van der Waals surface area contributed by atoms with E-state index in [2.05, 4.69) is 10.0 Å². The summed E-state index contributed by atoms with van der Waals surface area (Å²) in [7, 11) is -2.61. The molecule has 0 unspecified atom stereocenters. The van der Waals surface area contributed by atoms with Crippen molar-refractivity contribution in [3.63, 3.8) is 0 Å². The number of benzene rings is 2. The Bertz CT molecular complexity index is 837. The van der Waals surface area contributed by atoms with Crippen LogP contribution in [0.25, 0.3) is 0 Å². The Morgan fingerprint density at radius 1 is 1.17 bits per heavy atom. The molecule has 0 heterocycles. The van der Waals surface area contributed by atoms with Crippen molar-refractivity contribution >= 4 is 27.3 Å². The molecule has 2 aromatic carbocycles. The number of carbonyl (C=O) groups excluding carboxylic acids is 1. The highest BCUT2D eigenvalue weighted by Crippen LogP contribution is 2.30. The van der Waals surface area contributed by atoms with Crippen molar-refractivity contribution in [1.82, 2.24) is 0 Å². The van der Waals surface area contributed by atoms with Gasteiger partial charge in [0.25, 0.3) is 10.0 Å². The number of hydrogen-bond acceptors (Lipinski definition) is 4. The molecule has 2 aromatic rings. The fraction of sp³-hybridized carbons (Fsp3) is 0.133. The third kappa shape index (κ3) is 4.19. The molecule has 23 heavy (non-hydrogen) atoms. The first kappa shape index (κ1) is 16.8. The number of methoxy groups -OCH3 is 1. The molecule has 0 spiro atoms. The Morgan fingerprint density at radius 3 is 2.52 bits per heavy atom. The fourth-order valence-corrected chi connectivity index (χ4v) is 3.00. The minimum absolute atomic E-state index is 0.128. The van der Waals surface area contributed by atoms with Gasteiger partial charge >= 0.3 is 0 Å². The Kier molecular flexibility index (Phi) is 4.85. The van der Waals surface area contributed by atoms with Gasteiger partial charge in [-0.1, -0.05) is 6.07 Å². The predicted molar refractivity (Wildman–Crippen MR) is 84.5 cm³/mol. The van der Waals surface area contributed by atoms with Crippen LogP contribution in [0.15, 0.2) is 47.4 Å². The van der Waals surface area contributed by atoms with E-state index in [1.165, 1.54) is 38.3 Å². The van der Waals surface area contributed by atoms with E-state index >= 15 is 0 Å². The molecule has 0 saturated carbocycles. The monoisotopic (exact) mass is 338 g/mol. The molecule has 6 nitrogen and oxygen atoms in total. The standard InChI is InChI=1S/C15H15FN2O4S/c1-10(19)17-12-6-7-15(22-2)14(9-12)18-23(20,21)13-5-3-4-11(16)8-13/h3-9,18H,1-2H3,(H,17,19). The van der Waals surface area contributed by atoms with E-state index in [4.69, 9.17) is 4.74 Å². The summed E-state index contributed by atoms with van der Waals surface area (Å²) in [5.41, 5.74) is 0.526. The van der Waals surface area contributed by atoms with E-state index in [1.54, 1.807) is 6.07 Å². The van der Waals surface area contributed by atoms with Crippen molar-refractivity contribution in [3.8, 4) is 5.75 Å². The van der Waals surface area contributed by atoms with E-state index in [9.17, 15) is 17.6 Å². The third-order valence-corrected chi connectivity index (χ3v) is 4.23. The number of amides is 1. The summed E-state index contributed by atoms with van der Waals surface area (Å²) in [5.74, 6) is -0.694. The zero-order valence-corrected chi connectivity index (χ0v) is 13.3. The van der Waals surface area contributed by atoms with Gasteiger partial charge in [-0.25, -0.2) is 12.8 Å². The first-order chi connectivity index (χ1) is 10.8. The van der Waals surface area contributed by atoms with Crippen LogP contribution in [0.2, 0.25) is 0 Å². The Balaban J connectivity index is 2.39. The normalized spacial score (nSPS) is 10.9. The zero-order chi connectivity index (χ0) is 17.0. The minimum Gasteiger partial charge on any atom is -0.495 e. The number of ether oxygens (including phenoxy) is 1. The summed E-state index contributed by atoms with van der Waals surface area (Å²) in [5, 5.41) is 2.54. The molecule has 0 atom stereocenters. The van der Waals surface area contributed by atoms with Crippen molar-refractivity contribution in [2.75, 3.05) is 17.1 Å². The molecule has 0 aliphatic rings. The number of anilines is 2. The summed E-state index contributed by atoms with van der Waals surface area (Å²) in [6.07, 6.45) is 0. The van der Waals surface area contributed by atoms with E-state index in [1.807, 2.05) is 0 Å². The first-order valence-corrected chi connectivity index (χ1v) is 8.04.